The quantitative estimate of drug-likeness (QED) is 0.352. The molecule has 2 amide bonds. The van der Waals surface area contributed by atoms with Crippen molar-refractivity contribution in [1.29, 1.82) is 0 Å². The van der Waals surface area contributed by atoms with Gasteiger partial charge in [0.05, 0.1) is 0 Å². The molecule has 4 aliphatic rings. The molecule has 0 aromatic rings. The summed E-state index contributed by atoms with van der Waals surface area (Å²) in [6.07, 6.45) is 8.93. The lowest BCUT2D eigenvalue weighted by atomic mass is 9.73. The van der Waals surface area contributed by atoms with Crippen LogP contribution in [0, 0.1) is 27.6 Å². The van der Waals surface area contributed by atoms with Gasteiger partial charge in [-0.25, -0.2) is 4.79 Å². The lowest BCUT2D eigenvalue weighted by molar-refractivity contribution is -0.151. The summed E-state index contributed by atoms with van der Waals surface area (Å²) in [6.45, 7) is 20.5. The van der Waals surface area contributed by atoms with Crippen LogP contribution in [-0.2, 0) is 19.1 Å². The molecule has 8 heteroatoms. The first-order valence-corrected chi connectivity index (χ1v) is 15.4. The Bertz CT molecular complexity index is 1030. The number of carboxylic acids is 1. The third-order valence-electron chi connectivity index (χ3n) is 10.9. The molecule has 1 saturated heterocycles. The van der Waals surface area contributed by atoms with Crippen LogP contribution in [0.5, 0.6) is 0 Å². The van der Waals surface area contributed by atoms with Crippen LogP contribution in [0.1, 0.15) is 113 Å². The Morgan fingerprint density at radius 2 is 1.55 bits per heavy atom. The van der Waals surface area contributed by atoms with Crippen LogP contribution in [0.15, 0.2) is 12.5 Å². The maximum atomic E-state index is 14.3. The maximum absolute atomic E-state index is 14.3. The molecule has 40 heavy (non-hydrogen) atoms. The van der Waals surface area contributed by atoms with E-state index in [1.807, 2.05) is 41.5 Å². The molecular weight excluding hydrogens is 506 g/mol. The molecule has 4 atom stereocenters. The molecule has 2 spiro atoms. The second kappa shape index (κ2) is 10.2. The molecule has 2 unspecified atom stereocenters. The van der Waals surface area contributed by atoms with Crippen molar-refractivity contribution < 1.29 is 24.2 Å². The van der Waals surface area contributed by atoms with E-state index in [1.54, 1.807) is 4.90 Å². The van der Waals surface area contributed by atoms with E-state index in [0.29, 0.717) is 18.8 Å². The van der Waals surface area contributed by atoms with Crippen molar-refractivity contribution in [2.24, 2.45) is 27.6 Å². The number of nitrogens with one attached hydrogen (secondary N) is 2. The van der Waals surface area contributed by atoms with Crippen LogP contribution in [-0.4, -0.2) is 58.1 Å². The van der Waals surface area contributed by atoms with Gasteiger partial charge in [-0.2, -0.15) is 0 Å². The van der Waals surface area contributed by atoms with Gasteiger partial charge in [-0.1, -0.05) is 60.3 Å². The fourth-order valence-corrected chi connectivity index (χ4v) is 8.53. The normalized spacial score (nSPS) is 28.9. The molecule has 0 bridgehead atoms. The van der Waals surface area contributed by atoms with Crippen molar-refractivity contribution in [2.75, 3.05) is 6.54 Å². The fourth-order valence-electron chi connectivity index (χ4n) is 8.53. The Balaban J connectivity index is 1.57. The summed E-state index contributed by atoms with van der Waals surface area (Å²) in [4.78, 5) is 42.3. The second-order valence-corrected chi connectivity index (χ2v) is 15.6. The van der Waals surface area contributed by atoms with E-state index in [-0.39, 0.29) is 34.0 Å². The number of fused-ring (bicyclic) bond motifs is 1. The summed E-state index contributed by atoms with van der Waals surface area (Å²) >= 11 is 0. The summed E-state index contributed by atoms with van der Waals surface area (Å²) in [7, 11) is 0. The first-order chi connectivity index (χ1) is 18.4. The summed E-state index contributed by atoms with van der Waals surface area (Å²) in [6, 6.07) is -2.32. The zero-order valence-electron chi connectivity index (χ0n) is 26.1. The first-order valence-electron chi connectivity index (χ1n) is 15.4. The van der Waals surface area contributed by atoms with Gasteiger partial charge in [0.2, 0.25) is 11.8 Å². The van der Waals surface area contributed by atoms with E-state index in [1.165, 1.54) is 0 Å². The van der Waals surface area contributed by atoms with E-state index in [0.717, 1.165) is 51.4 Å². The van der Waals surface area contributed by atoms with Crippen LogP contribution in [0.3, 0.4) is 0 Å². The molecule has 1 aliphatic heterocycles. The largest absolute Gasteiger partial charge is 0.480 e. The number of carbonyl (C=O) groups is 3. The van der Waals surface area contributed by atoms with E-state index in [4.69, 9.17) is 4.74 Å². The standard InChI is InChI=1S/C32H53N3O5/c1-20(40-29(5,6)7)33-23(21-14-11-10-12-15-21)25(36)34-24(28(2,3)4)26(37)35-19-32(18-22(35)27(38)39)30(8,9)31(32)16-13-17-31/h21-24,33H,1,10-19H2,2-9H3,(H,34,36)(H,38,39)/t22?,23?,24-,32-/m1/s1. The van der Waals surface area contributed by atoms with Gasteiger partial charge in [-0.05, 0) is 81.6 Å². The van der Waals surface area contributed by atoms with Crippen LogP contribution < -0.4 is 10.6 Å². The highest BCUT2D eigenvalue weighted by Gasteiger charge is 2.85. The second-order valence-electron chi connectivity index (χ2n) is 15.6. The summed E-state index contributed by atoms with van der Waals surface area (Å²) in [5.74, 6) is -1.08. The zero-order chi connectivity index (χ0) is 29.9. The molecule has 0 aromatic heterocycles. The average Bonchev–Trinajstić information content (AvgIpc) is 3.04. The number of hydrogen-bond acceptors (Lipinski definition) is 5. The van der Waals surface area contributed by atoms with E-state index >= 15 is 0 Å². The Morgan fingerprint density at radius 1 is 0.950 bits per heavy atom. The number of ether oxygens (including phenoxy) is 1. The molecule has 8 nitrogen and oxygen atoms in total. The fraction of sp³-hybridized carbons (Fsp3) is 0.844. The maximum Gasteiger partial charge on any atom is 0.326 e. The Hall–Kier alpha value is -2.25. The minimum Gasteiger partial charge on any atom is -0.480 e. The monoisotopic (exact) mass is 559 g/mol. The van der Waals surface area contributed by atoms with Gasteiger partial charge in [0.15, 0.2) is 5.88 Å². The van der Waals surface area contributed by atoms with Crippen molar-refractivity contribution in [1.82, 2.24) is 15.5 Å². The van der Waals surface area contributed by atoms with Gasteiger partial charge >= 0.3 is 5.97 Å². The topological polar surface area (TPSA) is 108 Å². The van der Waals surface area contributed by atoms with E-state index in [2.05, 4.69) is 31.1 Å². The van der Waals surface area contributed by atoms with Gasteiger partial charge in [0.1, 0.15) is 23.7 Å². The number of carboxylic acid groups (broad SMARTS) is 1. The predicted octanol–water partition coefficient (Wildman–Crippen LogP) is 5.22. The van der Waals surface area contributed by atoms with Crippen molar-refractivity contribution in [3.63, 3.8) is 0 Å². The molecule has 3 saturated carbocycles. The third-order valence-corrected chi connectivity index (χ3v) is 10.9. The Labute approximate surface area is 241 Å². The number of aliphatic carboxylic acids is 1. The number of amides is 2. The van der Waals surface area contributed by atoms with Gasteiger partial charge in [0, 0.05) is 12.0 Å². The van der Waals surface area contributed by atoms with Crippen LogP contribution in [0.4, 0.5) is 0 Å². The molecule has 0 aromatic carbocycles. The van der Waals surface area contributed by atoms with E-state index < -0.39 is 35.1 Å². The molecule has 4 fully saturated rings. The van der Waals surface area contributed by atoms with Crippen molar-refractivity contribution in [3.8, 4) is 0 Å². The third kappa shape index (κ3) is 5.13. The number of nitrogens with zero attached hydrogens (tertiary/aromatic N) is 1. The summed E-state index contributed by atoms with van der Waals surface area (Å²) in [5.41, 5.74) is -1.11. The highest BCUT2D eigenvalue weighted by Crippen LogP contribution is 2.88. The lowest BCUT2D eigenvalue weighted by Gasteiger charge is -2.38. The van der Waals surface area contributed by atoms with Crippen LogP contribution in [0.2, 0.25) is 0 Å². The molecule has 3 aliphatic carbocycles. The number of likely N-dealkylation sites (tertiary alicyclic amines) is 1. The van der Waals surface area contributed by atoms with Crippen LogP contribution >= 0.6 is 0 Å². The SMILES string of the molecule is C=C(NC(C(=O)N[C@H](C(=O)N1C[C@]2(CC1C(=O)O)C(C)(C)C21CCC1)C(C)(C)C)C1CCCCC1)OC(C)(C)C. The molecule has 1 heterocycles. The molecule has 3 N–H and O–H groups in total. The molecule has 4 rings (SSSR count). The van der Waals surface area contributed by atoms with Crippen molar-refractivity contribution in [3.05, 3.63) is 12.5 Å². The summed E-state index contributed by atoms with van der Waals surface area (Å²) in [5, 5.41) is 16.6. The highest BCUT2D eigenvalue weighted by atomic mass is 16.5. The van der Waals surface area contributed by atoms with Gasteiger partial charge in [0.25, 0.3) is 0 Å². The summed E-state index contributed by atoms with van der Waals surface area (Å²) < 4.78 is 5.91. The van der Waals surface area contributed by atoms with Crippen LogP contribution in [0.25, 0.3) is 0 Å². The predicted molar refractivity (Wildman–Crippen MR) is 155 cm³/mol. The van der Waals surface area contributed by atoms with Gasteiger partial charge < -0.3 is 25.4 Å². The van der Waals surface area contributed by atoms with E-state index in [9.17, 15) is 19.5 Å². The number of hydrogen-bond donors (Lipinski definition) is 3. The zero-order valence-corrected chi connectivity index (χ0v) is 26.1. The molecule has 0 radical (unpaired) electrons. The minimum atomic E-state index is -0.959. The Morgan fingerprint density at radius 3 is 2.00 bits per heavy atom. The minimum absolute atomic E-state index is 0.00483. The number of carbonyl (C=O) groups excluding carboxylic acids is 2. The number of rotatable bonds is 8. The van der Waals surface area contributed by atoms with Gasteiger partial charge in [-0.3, -0.25) is 9.59 Å². The first kappa shape index (κ1) is 30.7. The smallest absolute Gasteiger partial charge is 0.326 e. The molecular formula is C32H53N3O5. The Kier molecular flexibility index (Phi) is 7.85. The average molecular weight is 560 g/mol. The highest BCUT2D eigenvalue weighted by molar-refractivity contribution is 5.93. The van der Waals surface area contributed by atoms with Crippen molar-refractivity contribution >= 4 is 17.8 Å². The molecule has 226 valence electrons. The lowest BCUT2D eigenvalue weighted by Crippen LogP contribution is -2.60. The van der Waals surface area contributed by atoms with Gasteiger partial charge in [-0.15, -0.1) is 0 Å². The van der Waals surface area contributed by atoms with Crippen molar-refractivity contribution in [2.45, 2.75) is 137 Å².